The van der Waals surface area contributed by atoms with Crippen molar-refractivity contribution in [1.29, 1.82) is 0 Å². The van der Waals surface area contributed by atoms with Crippen molar-refractivity contribution in [2.24, 2.45) is 11.7 Å². The van der Waals surface area contributed by atoms with E-state index in [0.29, 0.717) is 5.92 Å². The summed E-state index contributed by atoms with van der Waals surface area (Å²) in [7, 11) is 0. The highest BCUT2D eigenvalue weighted by molar-refractivity contribution is 5.10. The van der Waals surface area contributed by atoms with Gasteiger partial charge in [-0.1, -0.05) is 25.3 Å². The van der Waals surface area contributed by atoms with Gasteiger partial charge in [0.25, 0.3) is 0 Å². The first kappa shape index (κ1) is 14.0. The maximum atomic E-state index is 6.49. The summed E-state index contributed by atoms with van der Waals surface area (Å²) in [4.78, 5) is 4.19. The molecule has 1 saturated carbocycles. The first-order chi connectivity index (χ1) is 9.77. The van der Waals surface area contributed by atoms with Gasteiger partial charge in [-0.3, -0.25) is 4.98 Å². The van der Waals surface area contributed by atoms with Crippen LogP contribution < -0.4 is 5.73 Å². The molecule has 0 bridgehead atoms. The zero-order chi connectivity index (χ0) is 13.8. The Labute approximate surface area is 121 Å². The van der Waals surface area contributed by atoms with Crippen LogP contribution in [0.2, 0.25) is 0 Å². The van der Waals surface area contributed by atoms with Crippen molar-refractivity contribution in [1.82, 2.24) is 4.98 Å². The lowest BCUT2D eigenvalue weighted by atomic mass is 9.73. The minimum atomic E-state index is 0.160. The molecule has 0 aromatic carbocycles. The normalized spacial score (nSPS) is 27.4. The molecule has 3 rings (SSSR count). The largest absolute Gasteiger partial charge is 0.375 e. The van der Waals surface area contributed by atoms with Crippen molar-refractivity contribution in [3.8, 4) is 0 Å². The molecule has 3 nitrogen and oxygen atoms in total. The average molecular weight is 274 g/mol. The van der Waals surface area contributed by atoms with E-state index < -0.39 is 0 Å². The highest BCUT2D eigenvalue weighted by Gasteiger charge is 2.39. The van der Waals surface area contributed by atoms with Gasteiger partial charge in [0.2, 0.25) is 0 Å². The molecule has 1 aliphatic carbocycles. The zero-order valence-corrected chi connectivity index (χ0v) is 12.3. The second-order valence-electron chi connectivity index (χ2n) is 6.57. The van der Waals surface area contributed by atoms with Gasteiger partial charge < -0.3 is 10.5 Å². The molecule has 2 atom stereocenters. The number of nitrogens with zero attached hydrogens (tertiary/aromatic N) is 1. The van der Waals surface area contributed by atoms with Crippen LogP contribution in [0.5, 0.6) is 0 Å². The van der Waals surface area contributed by atoms with E-state index in [1.54, 1.807) is 0 Å². The fraction of sp³-hybridized carbons (Fsp3) is 0.706. The highest BCUT2D eigenvalue weighted by Crippen LogP contribution is 2.41. The summed E-state index contributed by atoms with van der Waals surface area (Å²) in [6, 6.07) is 4.36. The van der Waals surface area contributed by atoms with Crippen LogP contribution in [0.3, 0.4) is 0 Å². The molecule has 1 saturated heterocycles. The fourth-order valence-corrected chi connectivity index (χ4v) is 3.93. The molecule has 1 aromatic rings. The van der Waals surface area contributed by atoms with Gasteiger partial charge in [-0.2, -0.15) is 0 Å². The van der Waals surface area contributed by atoms with E-state index in [1.807, 2.05) is 18.5 Å². The summed E-state index contributed by atoms with van der Waals surface area (Å²) in [5.41, 5.74) is 7.90. The lowest BCUT2D eigenvalue weighted by molar-refractivity contribution is -0.120. The third-order valence-corrected chi connectivity index (χ3v) is 5.10. The monoisotopic (exact) mass is 274 g/mol. The zero-order valence-electron chi connectivity index (χ0n) is 12.3. The molecule has 1 aromatic heterocycles. The van der Waals surface area contributed by atoms with Crippen molar-refractivity contribution in [3.63, 3.8) is 0 Å². The van der Waals surface area contributed by atoms with Gasteiger partial charge in [0, 0.05) is 25.0 Å². The Hall–Kier alpha value is -0.930. The van der Waals surface area contributed by atoms with E-state index in [9.17, 15) is 0 Å². The molecule has 3 heteroatoms. The Kier molecular flexibility index (Phi) is 4.37. The number of rotatable bonds is 3. The van der Waals surface area contributed by atoms with E-state index in [-0.39, 0.29) is 11.6 Å². The minimum Gasteiger partial charge on any atom is -0.375 e. The Morgan fingerprint density at radius 3 is 2.95 bits per heavy atom. The third kappa shape index (κ3) is 3.21. The van der Waals surface area contributed by atoms with Crippen LogP contribution in [0.4, 0.5) is 0 Å². The molecule has 2 heterocycles. The molecule has 2 N–H and O–H groups in total. The van der Waals surface area contributed by atoms with Crippen LogP contribution >= 0.6 is 0 Å². The summed E-state index contributed by atoms with van der Waals surface area (Å²) in [5.74, 6) is 0.599. The van der Waals surface area contributed by atoms with E-state index >= 15 is 0 Å². The number of aromatic nitrogens is 1. The Bertz CT molecular complexity index is 409. The average Bonchev–Trinajstić information content (AvgIpc) is 2.49. The van der Waals surface area contributed by atoms with Crippen molar-refractivity contribution in [3.05, 3.63) is 30.1 Å². The van der Waals surface area contributed by atoms with Crippen molar-refractivity contribution in [2.45, 2.75) is 63.0 Å². The molecular weight excluding hydrogens is 248 g/mol. The summed E-state index contributed by atoms with van der Waals surface area (Å²) in [6.45, 7) is 0.894. The highest BCUT2D eigenvalue weighted by atomic mass is 16.5. The predicted octanol–water partition coefficient (Wildman–Crippen LogP) is 3.08. The fourth-order valence-electron chi connectivity index (χ4n) is 3.93. The molecule has 0 radical (unpaired) electrons. The van der Waals surface area contributed by atoms with Crippen molar-refractivity contribution >= 4 is 0 Å². The Morgan fingerprint density at radius 2 is 2.20 bits per heavy atom. The van der Waals surface area contributed by atoms with Crippen LogP contribution in [0.1, 0.15) is 50.5 Å². The number of pyridine rings is 1. The first-order valence-corrected chi connectivity index (χ1v) is 8.06. The molecule has 2 unspecified atom stereocenters. The number of ether oxygens (including phenoxy) is 1. The van der Waals surface area contributed by atoms with E-state index in [0.717, 1.165) is 25.9 Å². The van der Waals surface area contributed by atoms with E-state index in [4.69, 9.17) is 10.5 Å². The maximum absolute atomic E-state index is 6.49. The SMILES string of the molecule is NC(Cc1cccnc1)C1CCOC2(CCCCC2)C1. The quantitative estimate of drug-likeness (QED) is 0.921. The molecule has 20 heavy (non-hydrogen) atoms. The van der Waals surface area contributed by atoms with E-state index in [2.05, 4.69) is 11.1 Å². The van der Waals surface area contributed by atoms with Crippen LogP contribution in [0.15, 0.2) is 24.5 Å². The van der Waals surface area contributed by atoms with Crippen LogP contribution in [-0.2, 0) is 11.2 Å². The number of hydrogen-bond acceptors (Lipinski definition) is 3. The summed E-state index contributed by atoms with van der Waals surface area (Å²) >= 11 is 0. The Balaban J connectivity index is 1.61. The molecule has 1 spiro atoms. The van der Waals surface area contributed by atoms with Gasteiger partial charge in [0.1, 0.15) is 0 Å². The minimum absolute atomic E-state index is 0.160. The second kappa shape index (κ2) is 6.23. The molecular formula is C17H26N2O. The molecule has 2 aliphatic rings. The Morgan fingerprint density at radius 1 is 1.35 bits per heavy atom. The van der Waals surface area contributed by atoms with Crippen molar-refractivity contribution < 1.29 is 4.74 Å². The second-order valence-corrected chi connectivity index (χ2v) is 6.57. The number of hydrogen-bond donors (Lipinski definition) is 1. The lowest BCUT2D eigenvalue weighted by Crippen LogP contribution is -2.46. The first-order valence-electron chi connectivity index (χ1n) is 8.06. The molecule has 0 amide bonds. The van der Waals surface area contributed by atoms with Gasteiger partial charge in [-0.05, 0) is 49.7 Å². The van der Waals surface area contributed by atoms with Crippen LogP contribution in [0.25, 0.3) is 0 Å². The van der Waals surface area contributed by atoms with Gasteiger partial charge in [-0.25, -0.2) is 0 Å². The molecule has 2 fully saturated rings. The van der Waals surface area contributed by atoms with Gasteiger partial charge in [0.05, 0.1) is 5.60 Å². The topological polar surface area (TPSA) is 48.1 Å². The lowest BCUT2D eigenvalue weighted by Gasteiger charge is -2.45. The summed E-state index contributed by atoms with van der Waals surface area (Å²) in [6.07, 6.45) is 13.5. The molecule has 110 valence electrons. The summed E-state index contributed by atoms with van der Waals surface area (Å²) < 4.78 is 6.17. The standard InChI is InChI=1S/C17H26N2O/c18-16(11-14-5-4-9-19-13-14)15-6-10-20-17(12-15)7-2-1-3-8-17/h4-5,9,13,15-16H,1-3,6-8,10-12,18H2. The smallest absolute Gasteiger partial charge is 0.0685 e. The van der Waals surface area contributed by atoms with Crippen molar-refractivity contribution in [2.75, 3.05) is 6.61 Å². The van der Waals surface area contributed by atoms with Crippen LogP contribution in [0, 0.1) is 5.92 Å². The predicted molar refractivity (Wildman–Crippen MR) is 80.4 cm³/mol. The van der Waals surface area contributed by atoms with Gasteiger partial charge in [0.15, 0.2) is 0 Å². The number of nitrogens with two attached hydrogens (primary N) is 1. The maximum Gasteiger partial charge on any atom is 0.0685 e. The van der Waals surface area contributed by atoms with Crippen LogP contribution in [-0.4, -0.2) is 23.2 Å². The summed E-state index contributed by atoms with van der Waals surface area (Å²) in [5, 5.41) is 0. The third-order valence-electron chi connectivity index (χ3n) is 5.10. The molecule has 1 aliphatic heterocycles. The van der Waals surface area contributed by atoms with E-state index in [1.165, 1.54) is 37.7 Å². The van der Waals surface area contributed by atoms with Gasteiger partial charge >= 0.3 is 0 Å². The van der Waals surface area contributed by atoms with Gasteiger partial charge in [-0.15, -0.1) is 0 Å².